The zero-order valence-electron chi connectivity index (χ0n) is 20.8. The highest BCUT2D eigenvalue weighted by molar-refractivity contribution is 5.98. The first-order valence-corrected chi connectivity index (χ1v) is 13.1. The van der Waals surface area contributed by atoms with E-state index in [0.29, 0.717) is 24.9 Å². The zero-order valence-corrected chi connectivity index (χ0v) is 20.8. The first-order chi connectivity index (χ1) is 17.3. The van der Waals surface area contributed by atoms with E-state index in [1.54, 1.807) is 13.0 Å². The average Bonchev–Trinajstić information content (AvgIpc) is 3.45. The van der Waals surface area contributed by atoms with Crippen molar-refractivity contribution in [3.8, 4) is 0 Å². The molecule has 1 saturated carbocycles. The molecule has 2 bridgehead atoms. The van der Waals surface area contributed by atoms with Gasteiger partial charge in [-0.25, -0.2) is 0 Å². The van der Waals surface area contributed by atoms with Crippen LogP contribution in [-0.4, -0.2) is 74.2 Å². The number of nitrogens with zero attached hydrogens (tertiary/aromatic N) is 2. The third-order valence-electron chi connectivity index (χ3n) is 9.03. The highest BCUT2D eigenvalue weighted by Crippen LogP contribution is 2.64. The van der Waals surface area contributed by atoms with E-state index in [-0.39, 0.29) is 18.6 Å². The number of carbonyl (C=O) groups excluding carboxylic acids is 2. The summed E-state index contributed by atoms with van der Waals surface area (Å²) in [7, 11) is 0. The van der Waals surface area contributed by atoms with Gasteiger partial charge < -0.3 is 24.7 Å². The lowest BCUT2D eigenvalue weighted by Gasteiger charge is -2.42. The van der Waals surface area contributed by atoms with Crippen LogP contribution >= 0.6 is 0 Å². The number of hydrogen-bond acceptors (Lipinski definition) is 5. The maximum atomic E-state index is 14.5. The van der Waals surface area contributed by atoms with Gasteiger partial charge in [0, 0.05) is 12.6 Å². The van der Waals surface area contributed by atoms with E-state index in [4.69, 9.17) is 4.74 Å². The number of likely N-dealkylation sites (tertiary alicyclic amines) is 1. The zero-order chi connectivity index (χ0) is 25.7. The normalized spacial score (nSPS) is 34.4. The van der Waals surface area contributed by atoms with E-state index < -0.39 is 47.0 Å². The molecule has 1 aromatic carbocycles. The van der Waals surface area contributed by atoms with Gasteiger partial charge in [-0.3, -0.25) is 14.4 Å². The van der Waals surface area contributed by atoms with Crippen LogP contribution in [0.15, 0.2) is 43.0 Å². The highest BCUT2D eigenvalue weighted by Gasteiger charge is 2.79. The Bertz CT molecular complexity index is 1040. The fourth-order valence-electron chi connectivity index (χ4n) is 7.49. The number of carbonyl (C=O) groups is 3. The summed E-state index contributed by atoms with van der Waals surface area (Å²) >= 11 is 0. The third kappa shape index (κ3) is 3.60. The fraction of sp³-hybridized carbons (Fsp3) is 0.607. The van der Waals surface area contributed by atoms with E-state index in [2.05, 4.69) is 6.58 Å². The molecule has 4 fully saturated rings. The summed E-state index contributed by atoms with van der Waals surface area (Å²) in [6.07, 6.45) is 7.57. The maximum Gasteiger partial charge on any atom is 0.310 e. The number of carboxylic acids is 1. The van der Waals surface area contributed by atoms with Gasteiger partial charge in [-0.2, -0.15) is 0 Å². The van der Waals surface area contributed by atoms with Gasteiger partial charge in [-0.15, -0.1) is 6.58 Å². The molecule has 8 heteroatoms. The lowest BCUT2D eigenvalue weighted by atomic mass is 9.66. The van der Waals surface area contributed by atoms with Gasteiger partial charge in [0.15, 0.2) is 0 Å². The van der Waals surface area contributed by atoms with Crippen LogP contribution in [0.5, 0.6) is 0 Å². The molecule has 1 spiro atoms. The number of aliphatic hydroxyl groups excluding tert-OH is 1. The van der Waals surface area contributed by atoms with Crippen LogP contribution in [0, 0.1) is 11.8 Å². The molecule has 3 aliphatic heterocycles. The van der Waals surface area contributed by atoms with Crippen molar-refractivity contribution < 1.29 is 29.3 Å². The van der Waals surface area contributed by atoms with Gasteiger partial charge in [0.1, 0.15) is 11.6 Å². The molecule has 1 aromatic rings. The van der Waals surface area contributed by atoms with E-state index in [0.717, 1.165) is 32.1 Å². The lowest BCUT2D eigenvalue weighted by molar-refractivity contribution is -0.159. The Labute approximate surface area is 211 Å². The molecule has 2 amide bonds. The number of amides is 2. The molecular formula is C28H36N2O6. The minimum atomic E-state index is -1.23. The van der Waals surface area contributed by atoms with Crippen molar-refractivity contribution in [2.75, 3.05) is 13.2 Å². The fourth-order valence-corrected chi connectivity index (χ4v) is 7.49. The maximum absolute atomic E-state index is 14.5. The summed E-state index contributed by atoms with van der Waals surface area (Å²) in [5, 5.41) is 20.7. The predicted octanol–water partition coefficient (Wildman–Crippen LogP) is 2.92. The minimum Gasteiger partial charge on any atom is -0.481 e. The van der Waals surface area contributed by atoms with Crippen molar-refractivity contribution >= 4 is 17.8 Å². The van der Waals surface area contributed by atoms with E-state index in [1.807, 2.05) is 35.2 Å². The molecule has 36 heavy (non-hydrogen) atoms. The number of ether oxygens (including phenoxy) is 1. The molecular weight excluding hydrogens is 460 g/mol. The summed E-state index contributed by atoms with van der Waals surface area (Å²) in [4.78, 5) is 44.4. The van der Waals surface area contributed by atoms with Crippen LogP contribution in [0.4, 0.5) is 0 Å². The lowest BCUT2D eigenvalue weighted by Crippen LogP contribution is -2.59. The summed E-state index contributed by atoms with van der Waals surface area (Å²) in [6.45, 7) is 5.58. The second-order valence-electron chi connectivity index (χ2n) is 11.0. The average molecular weight is 497 g/mol. The standard InChI is InChI=1S/C28H36N2O6/c1-3-16-29(19-12-8-5-9-13-19)25(33)23-28-15-14-27(2,36-28)22(26(34)35)21(28)24(32)30(23)20(17-31)18-10-6-4-7-11-18/h3-4,6-7,10-11,19-23,31H,1,5,8-9,12-17H2,2H3,(H,34,35)/t20-,21+,22-,23?,27+,28?/m1/s1. The van der Waals surface area contributed by atoms with E-state index in [9.17, 15) is 24.6 Å². The van der Waals surface area contributed by atoms with Gasteiger partial charge in [-0.05, 0) is 38.2 Å². The van der Waals surface area contributed by atoms with Crippen molar-refractivity contribution in [1.82, 2.24) is 9.80 Å². The monoisotopic (exact) mass is 496 g/mol. The van der Waals surface area contributed by atoms with Crippen LogP contribution in [0.25, 0.3) is 0 Å². The molecule has 5 rings (SSSR count). The van der Waals surface area contributed by atoms with E-state index >= 15 is 0 Å². The Morgan fingerprint density at radius 2 is 1.92 bits per heavy atom. The number of hydrogen-bond donors (Lipinski definition) is 2. The van der Waals surface area contributed by atoms with Crippen molar-refractivity contribution in [2.45, 2.75) is 81.2 Å². The Kier molecular flexibility index (Phi) is 6.45. The first-order valence-electron chi connectivity index (χ1n) is 13.1. The summed E-state index contributed by atoms with van der Waals surface area (Å²) in [6, 6.07) is 7.37. The smallest absolute Gasteiger partial charge is 0.310 e. The van der Waals surface area contributed by atoms with Gasteiger partial charge in [0.05, 0.1) is 30.1 Å². The number of rotatable bonds is 8. The van der Waals surface area contributed by atoms with Gasteiger partial charge >= 0.3 is 5.97 Å². The number of carboxylic acid groups (broad SMARTS) is 1. The first kappa shape index (κ1) is 25.0. The molecule has 6 atom stereocenters. The minimum absolute atomic E-state index is 0.0328. The van der Waals surface area contributed by atoms with Crippen molar-refractivity contribution in [1.29, 1.82) is 0 Å². The van der Waals surface area contributed by atoms with Gasteiger partial charge in [-0.1, -0.05) is 55.7 Å². The van der Waals surface area contributed by atoms with Crippen LogP contribution in [0.3, 0.4) is 0 Å². The van der Waals surface area contributed by atoms with Crippen LogP contribution < -0.4 is 0 Å². The second-order valence-corrected chi connectivity index (χ2v) is 11.0. The van der Waals surface area contributed by atoms with Gasteiger partial charge in [0.25, 0.3) is 0 Å². The van der Waals surface area contributed by atoms with Crippen molar-refractivity contribution in [2.24, 2.45) is 11.8 Å². The van der Waals surface area contributed by atoms with Crippen LogP contribution in [-0.2, 0) is 19.1 Å². The quantitative estimate of drug-likeness (QED) is 0.536. The van der Waals surface area contributed by atoms with Crippen molar-refractivity contribution in [3.05, 3.63) is 48.6 Å². The number of aliphatic hydroxyl groups is 1. The van der Waals surface area contributed by atoms with Crippen LogP contribution in [0.1, 0.15) is 63.5 Å². The molecule has 4 aliphatic rings. The summed E-state index contributed by atoms with van der Waals surface area (Å²) in [5.74, 6) is -3.76. The Morgan fingerprint density at radius 1 is 1.22 bits per heavy atom. The van der Waals surface area contributed by atoms with E-state index in [1.165, 1.54) is 4.90 Å². The Hall–Kier alpha value is -2.71. The molecule has 0 radical (unpaired) electrons. The molecule has 0 aromatic heterocycles. The second kappa shape index (κ2) is 9.30. The molecule has 1 aliphatic carbocycles. The molecule has 8 nitrogen and oxygen atoms in total. The summed E-state index contributed by atoms with van der Waals surface area (Å²) < 4.78 is 6.53. The summed E-state index contributed by atoms with van der Waals surface area (Å²) in [5.41, 5.74) is -1.54. The predicted molar refractivity (Wildman–Crippen MR) is 132 cm³/mol. The topological polar surface area (TPSA) is 107 Å². The van der Waals surface area contributed by atoms with Gasteiger partial charge in [0.2, 0.25) is 11.8 Å². The SMILES string of the molecule is C=CCN(C(=O)C1N([C@H](CO)c2ccccc2)C(=O)[C@@H]2[C@H](C(=O)O)[C@]3(C)CCC12O3)C1CCCCC1. The molecule has 2 unspecified atom stereocenters. The number of fused-ring (bicyclic) bond motifs is 1. The highest BCUT2D eigenvalue weighted by atomic mass is 16.5. The van der Waals surface area contributed by atoms with Crippen molar-refractivity contribution in [3.63, 3.8) is 0 Å². The molecule has 3 saturated heterocycles. The molecule has 2 N–H and O–H groups in total. The molecule has 194 valence electrons. The number of aliphatic carboxylic acids is 1. The van der Waals surface area contributed by atoms with Crippen LogP contribution in [0.2, 0.25) is 0 Å². The Morgan fingerprint density at radius 3 is 2.53 bits per heavy atom. The third-order valence-corrected chi connectivity index (χ3v) is 9.03. The molecule has 3 heterocycles. The Balaban J connectivity index is 1.63. The number of benzene rings is 1. The largest absolute Gasteiger partial charge is 0.481 e.